The van der Waals surface area contributed by atoms with Crippen LogP contribution in [0.15, 0.2) is 23.9 Å². The van der Waals surface area contributed by atoms with Crippen LogP contribution in [-0.4, -0.2) is 18.0 Å². The lowest BCUT2D eigenvalue weighted by atomic mass is 10.2. The van der Waals surface area contributed by atoms with Gasteiger partial charge in [-0.05, 0) is 32.3 Å². The molecule has 0 aliphatic carbocycles. The zero-order valence-corrected chi connectivity index (χ0v) is 10.2. The predicted molar refractivity (Wildman–Crippen MR) is 65.3 cm³/mol. The van der Waals surface area contributed by atoms with Crippen LogP contribution in [0.2, 0.25) is 0 Å². The van der Waals surface area contributed by atoms with Crippen molar-refractivity contribution in [2.24, 2.45) is 0 Å². The Morgan fingerprint density at radius 3 is 2.00 bits per heavy atom. The topological polar surface area (TPSA) is 3.24 Å². The van der Waals surface area contributed by atoms with Gasteiger partial charge in [-0.25, -0.2) is 0 Å². The number of hydrogen-bond donors (Lipinski definition) is 0. The van der Waals surface area contributed by atoms with Gasteiger partial charge in [-0.15, -0.1) is 0 Å². The third-order valence-corrected chi connectivity index (χ3v) is 2.10. The van der Waals surface area contributed by atoms with E-state index in [-0.39, 0.29) is 0 Å². The molecule has 0 amide bonds. The third-order valence-electron chi connectivity index (χ3n) is 2.10. The minimum atomic E-state index is 1.11. The molecule has 0 aromatic rings. The van der Waals surface area contributed by atoms with Crippen molar-refractivity contribution in [1.82, 2.24) is 4.90 Å². The van der Waals surface area contributed by atoms with Crippen molar-refractivity contribution in [2.75, 3.05) is 13.1 Å². The maximum atomic E-state index is 2.48. The van der Waals surface area contributed by atoms with E-state index in [0.717, 1.165) is 6.42 Å². The van der Waals surface area contributed by atoms with Crippen LogP contribution in [0, 0.1) is 0 Å². The van der Waals surface area contributed by atoms with Gasteiger partial charge in [-0.3, -0.25) is 0 Å². The van der Waals surface area contributed by atoms with E-state index in [2.05, 4.69) is 50.8 Å². The van der Waals surface area contributed by atoms with Crippen LogP contribution >= 0.6 is 0 Å². The number of hydrogen-bond acceptors (Lipinski definition) is 1. The lowest BCUT2D eigenvalue weighted by molar-refractivity contribution is 0.353. The first-order valence-electron chi connectivity index (χ1n) is 5.87. The third kappa shape index (κ3) is 5.11. The lowest BCUT2D eigenvalue weighted by Gasteiger charge is -2.24. The molecule has 0 bridgehead atoms. The van der Waals surface area contributed by atoms with Crippen molar-refractivity contribution < 1.29 is 0 Å². The summed E-state index contributed by atoms with van der Waals surface area (Å²) in [5.41, 5.74) is 1.39. The second-order valence-corrected chi connectivity index (χ2v) is 3.52. The van der Waals surface area contributed by atoms with E-state index >= 15 is 0 Å². The van der Waals surface area contributed by atoms with Crippen LogP contribution in [0.4, 0.5) is 0 Å². The first-order chi connectivity index (χ1) is 6.79. The number of allylic oxidation sites excluding steroid dienone is 3. The van der Waals surface area contributed by atoms with Gasteiger partial charge < -0.3 is 4.90 Å². The molecule has 82 valence electrons. The van der Waals surface area contributed by atoms with Crippen LogP contribution in [0.3, 0.4) is 0 Å². The van der Waals surface area contributed by atoms with E-state index < -0.39 is 0 Å². The van der Waals surface area contributed by atoms with Gasteiger partial charge in [0.05, 0.1) is 0 Å². The molecule has 0 spiro atoms. The summed E-state index contributed by atoms with van der Waals surface area (Å²) in [5.74, 6) is 0. The molecule has 0 unspecified atom stereocenters. The Morgan fingerprint density at radius 1 is 1.07 bits per heavy atom. The Kier molecular flexibility index (Phi) is 8.40. The molecule has 14 heavy (non-hydrogen) atoms. The second-order valence-electron chi connectivity index (χ2n) is 3.52. The monoisotopic (exact) mass is 195 g/mol. The Balaban J connectivity index is 4.45. The van der Waals surface area contributed by atoms with Crippen molar-refractivity contribution in [1.29, 1.82) is 0 Å². The maximum absolute atomic E-state index is 2.48. The summed E-state index contributed by atoms with van der Waals surface area (Å²) < 4.78 is 0. The van der Waals surface area contributed by atoms with Crippen molar-refractivity contribution in [3.8, 4) is 0 Å². The van der Waals surface area contributed by atoms with E-state index in [9.17, 15) is 0 Å². The Labute approximate surface area is 89.5 Å². The van der Waals surface area contributed by atoms with Crippen LogP contribution in [0.25, 0.3) is 0 Å². The molecule has 0 saturated heterocycles. The Morgan fingerprint density at radius 2 is 1.64 bits per heavy atom. The summed E-state index contributed by atoms with van der Waals surface area (Å²) in [5, 5.41) is 0. The quantitative estimate of drug-likeness (QED) is 0.555. The van der Waals surface area contributed by atoms with Crippen LogP contribution in [0.1, 0.15) is 47.0 Å². The summed E-state index contributed by atoms with van der Waals surface area (Å²) in [6.07, 6.45) is 10.2. The fraction of sp³-hybridized carbons (Fsp3) is 0.692. The van der Waals surface area contributed by atoms with Crippen molar-refractivity contribution >= 4 is 0 Å². The maximum Gasteiger partial charge on any atom is 0.0322 e. The van der Waals surface area contributed by atoms with Gasteiger partial charge in [0.15, 0.2) is 0 Å². The largest absolute Gasteiger partial charge is 0.372 e. The van der Waals surface area contributed by atoms with Gasteiger partial charge in [0.25, 0.3) is 0 Å². The van der Waals surface area contributed by atoms with Gasteiger partial charge in [0.2, 0.25) is 0 Å². The normalized spacial score (nSPS) is 12.4. The fourth-order valence-electron chi connectivity index (χ4n) is 1.59. The van der Waals surface area contributed by atoms with E-state index in [4.69, 9.17) is 0 Å². The minimum absolute atomic E-state index is 1.11. The number of rotatable bonds is 7. The molecular formula is C13H25N. The van der Waals surface area contributed by atoms with Gasteiger partial charge >= 0.3 is 0 Å². The number of nitrogens with zero attached hydrogens (tertiary/aromatic N) is 1. The molecule has 0 saturated carbocycles. The standard InChI is InChI=1S/C13H25N/c1-5-9-13(10-6-2)14(11-7-3)12-8-4/h5,9-10H,6-8,11-12H2,1-4H3/b9-5-,13-10+. The molecule has 0 N–H and O–H groups in total. The van der Waals surface area contributed by atoms with Crippen LogP contribution in [0.5, 0.6) is 0 Å². The first kappa shape index (κ1) is 13.3. The van der Waals surface area contributed by atoms with Gasteiger partial charge in [0.1, 0.15) is 0 Å². The summed E-state index contributed by atoms with van der Waals surface area (Å²) in [7, 11) is 0. The fourth-order valence-corrected chi connectivity index (χ4v) is 1.59. The summed E-state index contributed by atoms with van der Waals surface area (Å²) >= 11 is 0. The Bertz CT molecular complexity index is 174. The highest BCUT2D eigenvalue weighted by atomic mass is 15.1. The zero-order chi connectivity index (χ0) is 10.8. The highest BCUT2D eigenvalue weighted by molar-refractivity contribution is 5.16. The molecule has 1 nitrogen and oxygen atoms in total. The van der Waals surface area contributed by atoms with Gasteiger partial charge in [0, 0.05) is 18.8 Å². The Hall–Kier alpha value is -0.720. The second kappa shape index (κ2) is 8.86. The highest BCUT2D eigenvalue weighted by Crippen LogP contribution is 2.09. The molecule has 0 radical (unpaired) electrons. The molecule has 0 aromatic carbocycles. The van der Waals surface area contributed by atoms with Gasteiger partial charge in [-0.1, -0.05) is 32.9 Å². The van der Waals surface area contributed by atoms with Crippen LogP contribution < -0.4 is 0 Å². The molecule has 0 rings (SSSR count). The lowest BCUT2D eigenvalue weighted by Crippen LogP contribution is -2.23. The van der Waals surface area contributed by atoms with E-state index in [1.54, 1.807) is 0 Å². The molecule has 0 aliphatic rings. The summed E-state index contributed by atoms with van der Waals surface area (Å²) in [6.45, 7) is 11.1. The average Bonchev–Trinajstić information content (AvgIpc) is 2.17. The molecule has 0 atom stereocenters. The van der Waals surface area contributed by atoms with Crippen LogP contribution in [-0.2, 0) is 0 Å². The van der Waals surface area contributed by atoms with Crippen molar-refractivity contribution in [2.45, 2.75) is 47.0 Å². The molecule has 0 aliphatic heterocycles. The van der Waals surface area contributed by atoms with Gasteiger partial charge in [-0.2, -0.15) is 0 Å². The van der Waals surface area contributed by atoms with E-state index in [0.29, 0.717) is 0 Å². The van der Waals surface area contributed by atoms with E-state index in [1.807, 2.05) is 0 Å². The molecular weight excluding hydrogens is 170 g/mol. The highest BCUT2D eigenvalue weighted by Gasteiger charge is 2.03. The predicted octanol–water partition coefficient (Wildman–Crippen LogP) is 3.98. The smallest absolute Gasteiger partial charge is 0.0322 e. The molecule has 0 aromatic heterocycles. The summed E-state index contributed by atoms with van der Waals surface area (Å²) in [4.78, 5) is 2.48. The zero-order valence-electron chi connectivity index (χ0n) is 10.2. The van der Waals surface area contributed by atoms with Crippen molar-refractivity contribution in [3.05, 3.63) is 23.9 Å². The average molecular weight is 195 g/mol. The molecule has 0 fully saturated rings. The summed E-state index contributed by atoms with van der Waals surface area (Å²) in [6, 6.07) is 0. The van der Waals surface area contributed by atoms with E-state index in [1.165, 1.54) is 31.6 Å². The molecule has 1 heteroatoms. The minimum Gasteiger partial charge on any atom is -0.372 e. The SMILES string of the molecule is C/C=C\C(=C/CC)N(CCC)CCC. The first-order valence-corrected chi connectivity index (χ1v) is 5.87. The molecule has 0 heterocycles. The van der Waals surface area contributed by atoms with Crippen molar-refractivity contribution in [3.63, 3.8) is 0 Å².